The molecular weight excluding hydrogens is 308 g/mol. The second kappa shape index (κ2) is 10.1. The molecule has 0 aromatic rings. The van der Waals surface area contributed by atoms with Gasteiger partial charge in [0.05, 0.1) is 5.71 Å². The van der Waals surface area contributed by atoms with Crippen molar-refractivity contribution in [1.29, 1.82) is 0 Å². The van der Waals surface area contributed by atoms with Crippen LogP contribution in [-0.2, 0) is 0 Å². The average Bonchev–Trinajstić information content (AvgIpc) is 2.75. The number of allylic oxidation sites excluding steroid dienone is 5. The lowest BCUT2D eigenvalue weighted by atomic mass is 10.0. The van der Waals surface area contributed by atoms with Crippen LogP contribution in [0.1, 0.15) is 40.0 Å². The second-order valence-corrected chi connectivity index (χ2v) is 6.26. The van der Waals surface area contributed by atoms with E-state index >= 15 is 0 Å². The number of aliphatic imine (C=N–C) groups is 2. The van der Waals surface area contributed by atoms with E-state index in [0.717, 1.165) is 50.4 Å². The van der Waals surface area contributed by atoms with Gasteiger partial charge >= 0.3 is 0 Å². The van der Waals surface area contributed by atoms with Gasteiger partial charge in [0.25, 0.3) is 0 Å². The fraction of sp³-hybridized carbons (Fsp3) is 0.524. The van der Waals surface area contributed by atoms with E-state index in [4.69, 9.17) is 4.99 Å². The zero-order valence-corrected chi connectivity index (χ0v) is 16.1. The molecule has 0 aromatic carbocycles. The summed E-state index contributed by atoms with van der Waals surface area (Å²) in [5.74, 6) is 0.888. The van der Waals surface area contributed by atoms with Gasteiger partial charge in [0.1, 0.15) is 5.84 Å². The summed E-state index contributed by atoms with van der Waals surface area (Å²) < 4.78 is 0. The molecule has 1 heterocycles. The number of amidine groups is 1. The third-order valence-corrected chi connectivity index (χ3v) is 4.66. The molecule has 1 unspecified atom stereocenters. The van der Waals surface area contributed by atoms with E-state index in [9.17, 15) is 0 Å². The largest absolute Gasteiger partial charge is 0.388 e. The Morgan fingerprint density at radius 1 is 1.24 bits per heavy atom. The highest BCUT2D eigenvalue weighted by atomic mass is 15.1. The molecule has 0 saturated carbocycles. The fourth-order valence-corrected chi connectivity index (χ4v) is 3.28. The molecule has 4 nitrogen and oxygen atoms in total. The van der Waals surface area contributed by atoms with E-state index < -0.39 is 0 Å². The number of dihydropyridines is 1. The Morgan fingerprint density at radius 2 is 2.04 bits per heavy atom. The molecule has 2 rings (SSSR count). The predicted molar refractivity (Wildman–Crippen MR) is 109 cm³/mol. The molecule has 0 spiro atoms. The smallest absolute Gasteiger partial charge is 0.129 e. The molecule has 2 aliphatic rings. The molecular formula is C21H32N4. The van der Waals surface area contributed by atoms with Crippen LogP contribution in [0.25, 0.3) is 0 Å². The van der Waals surface area contributed by atoms with Crippen LogP contribution in [0, 0.1) is 0 Å². The number of likely N-dealkylation sites (N-methyl/N-ethyl adjacent to an activating group) is 1. The van der Waals surface area contributed by atoms with Gasteiger partial charge in [-0.25, -0.2) is 4.99 Å². The van der Waals surface area contributed by atoms with Crippen LogP contribution < -0.4 is 5.32 Å². The van der Waals surface area contributed by atoms with Gasteiger partial charge in [-0.05, 0) is 44.5 Å². The molecule has 1 aliphatic heterocycles. The highest BCUT2D eigenvalue weighted by Gasteiger charge is 2.15. The van der Waals surface area contributed by atoms with Crippen molar-refractivity contribution in [3.05, 3.63) is 47.7 Å². The highest BCUT2D eigenvalue weighted by molar-refractivity contribution is 6.17. The van der Waals surface area contributed by atoms with Crippen LogP contribution >= 0.6 is 0 Å². The van der Waals surface area contributed by atoms with Gasteiger partial charge in [-0.1, -0.05) is 44.2 Å². The predicted octanol–water partition coefficient (Wildman–Crippen LogP) is 3.90. The summed E-state index contributed by atoms with van der Waals surface area (Å²) in [6.45, 7) is 9.65. The first kappa shape index (κ1) is 19.4. The number of rotatable bonds is 6. The highest BCUT2D eigenvalue weighted by Crippen LogP contribution is 2.17. The maximum Gasteiger partial charge on any atom is 0.129 e. The zero-order valence-electron chi connectivity index (χ0n) is 16.1. The van der Waals surface area contributed by atoms with Crippen LogP contribution in [0.4, 0.5) is 0 Å². The molecule has 0 amide bonds. The van der Waals surface area contributed by atoms with Crippen LogP contribution in [-0.4, -0.2) is 49.2 Å². The van der Waals surface area contributed by atoms with Crippen LogP contribution in [0.2, 0.25) is 0 Å². The van der Waals surface area contributed by atoms with Crippen molar-refractivity contribution in [1.82, 2.24) is 10.2 Å². The van der Waals surface area contributed by atoms with Gasteiger partial charge in [-0.15, -0.1) is 0 Å². The minimum atomic E-state index is 0.480. The van der Waals surface area contributed by atoms with Crippen molar-refractivity contribution in [3.63, 3.8) is 0 Å². The summed E-state index contributed by atoms with van der Waals surface area (Å²) in [7, 11) is 1.82. The quantitative estimate of drug-likeness (QED) is 0.745. The van der Waals surface area contributed by atoms with Gasteiger partial charge in [0.2, 0.25) is 0 Å². The standard InChI is InChI=1S/C21H32N4/c1-5-23-18-15-20(24-21(16-18)22-4)17-11-8-9-13-19(14-10-12-17)25(6-2)7-3/h9-13,15,19,23H,5-8,14,16H2,1-4H3/b12-10?,13-9+,17-11?,22-21?. The normalized spacial score (nSPS) is 24.1. The third-order valence-electron chi connectivity index (χ3n) is 4.66. The van der Waals surface area contributed by atoms with E-state index in [2.05, 4.69) is 72.4 Å². The lowest BCUT2D eigenvalue weighted by Crippen LogP contribution is -2.33. The van der Waals surface area contributed by atoms with E-state index in [-0.39, 0.29) is 0 Å². The van der Waals surface area contributed by atoms with Crippen LogP contribution in [0.3, 0.4) is 0 Å². The summed E-state index contributed by atoms with van der Waals surface area (Å²) in [6.07, 6.45) is 16.3. The molecule has 4 heteroatoms. The second-order valence-electron chi connectivity index (χ2n) is 6.26. The Morgan fingerprint density at radius 3 is 2.72 bits per heavy atom. The minimum absolute atomic E-state index is 0.480. The lowest BCUT2D eigenvalue weighted by Gasteiger charge is -2.26. The third kappa shape index (κ3) is 5.53. The van der Waals surface area contributed by atoms with Crippen molar-refractivity contribution in [2.24, 2.45) is 9.98 Å². The van der Waals surface area contributed by atoms with Gasteiger partial charge in [0.15, 0.2) is 0 Å². The summed E-state index contributed by atoms with van der Waals surface area (Å²) in [5, 5.41) is 3.42. The summed E-state index contributed by atoms with van der Waals surface area (Å²) in [5.41, 5.74) is 3.38. The van der Waals surface area contributed by atoms with Crippen molar-refractivity contribution < 1.29 is 0 Å². The molecule has 1 N–H and O–H groups in total. The van der Waals surface area contributed by atoms with Gasteiger partial charge in [-0.2, -0.15) is 0 Å². The first-order valence-corrected chi connectivity index (χ1v) is 9.48. The van der Waals surface area contributed by atoms with E-state index in [1.165, 1.54) is 11.3 Å². The van der Waals surface area contributed by atoms with Crippen LogP contribution in [0.5, 0.6) is 0 Å². The lowest BCUT2D eigenvalue weighted by molar-refractivity contribution is 0.255. The molecule has 0 saturated heterocycles. The maximum atomic E-state index is 4.74. The number of nitrogens with one attached hydrogen (secondary N) is 1. The molecule has 25 heavy (non-hydrogen) atoms. The Bertz CT molecular complexity index is 616. The Labute approximate surface area is 152 Å². The minimum Gasteiger partial charge on any atom is -0.388 e. The van der Waals surface area contributed by atoms with Gasteiger partial charge in [-0.3, -0.25) is 9.89 Å². The zero-order chi connectivity index (χ0) is 18.1. The maximum absolute atomic E-state index is 4.74. The molecule has 136 valence electrons. The Kier molecular flexibility index (Phi) is 7.86. The Hall–Kier alpha value is -1.94. The summed E-state index contributed by atoms with van der Waals surface area (Å²) in [4.78, 5) is 11.6. The molecule has 1 aliphatic carbocycles. The summed E-state index contributed by atoms with van der Waals surface area (Å²) >= 11 is 0. The van der Waals surface area contributed by atoms with Crippen molar-refractivity contribution in [2.75, 3.05) is 26.7 Å². The summed E-state index contributed by atoms with van der Waals surface area (Å²) in [6, 6.07) is 0.480. The van der Waals surface area contributed by atoms with E-state index in [1.54, 1.807) is 0 Å². The van der Waals surface area contributed by atoms with Crippen molar-refractivity contribution in [2.45, 2.75) is 46.1 Å². The van der Waals surface area contributed by atoms with Crippen molar-refractivity contribution >= 4 is 11.5 Å². The molecule has 0 radical (unpaired) electrons. The first-order valence-electron chi connectivity index (χ1n) is 9.48. The Balaban J connectivity index is 2.22. The van der Waals surface area contributed by atoms with E-state index in [1.807, 2.05) is 7.05 Å². The topological polar surface area (TPSA) is 40.0 Å². The van der Waals surface area contributed by atoms with Crippen molar-refractivity contribution in [3.8, 4) is 0 Å². The molecule has 0 fully saturated rings. The fourth-order valence-electron chi connectivity index (χ4n) is 3.28. The number of nitrogens with zero attached hydrogens (tertiary/aromatic N) is 3. The monoisotopic (exact) mass is 340 g/mol. The average molecular weight is 341 g/mol. The van der Waals surface area contributed by atoms with Gasteiger partial charge < -0.3 is 5.32 Å². The first-order chi connectivity index (χ1) is 12.2. The number of hydrogen-bond acceptors (Lipinski definition) is 3. The molecule has 1 atom stereocenters. The van der Waals surface area contributed by atoms with E-state index in [0.29, 0.717) is 6.04 Å². The number of hydrogen-bond donors (Lipinski definition) is 1. The SMILES string of the molecule is CCNC1=CC(C2=CC/C=C/C(N(CC)CC)CC=C2)=NC(=NC)C1. The molecule has 0 bridgehead atoms. The van der Waals surface area contributed by atoms with Crippen LogP contribution in [0.15, 0.2) is 57.7 Å². The molecule has 0 aromatic heterocycles. The van der Waals surface area contributed by atoms with Gasteiger partial charge in [0, 0.05) is 31.8 Å².